The summed E-state index contributed by atoms with van der Waals surface area (Å²) < 4.78 is 4.83. The highest BCUT2D eigenvalue weighted by Crippen LogP contribution is 2.26. The van der Waals surface area contributed by atoms with Crippen molar-refractivity contribution in [2.24, 2.45) is 4.99 Å². The Balaban J connectivity index is 1.51. The number of hydrogen-bond donors (Lipinski definition) is 0. The van der Waals surface area contributed by atoms with Crippen LogP contribution in [0.15, 0.2) is 83.9 Å². The second-order valence-electron chi connectivity index (χ2n) is 8.02. The number of carbonyl (C=O) groups excluding carboxylic acids is 1. The first-order chi connectivity index (χ1) is 16.1. The molecule has 33 heavy (non-hydrogen) atoms. The Morgan fingerprint density at radius 3 is 2.18 bits per heavy atom. The van der Waals surface area contributed by atoms with E-state index in [4.69, 9.17) is 21.3 Å². The molecular weight excluding hydrogens is 434 g/mol. The van der Waals surface area contributed by atoms with Gasteiger partial charge < -0.3 is 9.64 Å². The summed E-state index contributed by atoms with van der Waals surface area (Å²) in [6, 6.07) is 25.6. The Morgan fingerprint density at radius 1 is 0.879 bits per heavy atom. The summed E-state index contributed by atoms with van der Waals surface area (Å²) in [4.78, 5) is 21.6. The van der Waals surface area contributed by atoms with Crippen molar-refractivity contribution >= 4 is 29.1 Å². The minimum absolute atomic E-state index is 0.349. The Labute approximate surface area is 200 Å². The first-order valence-electron chi connectivity index (χ1n) is 11.2. The van der Waals surface area contributed by atoms with Crippen LogP contribution >= 0.6 is 11.6 Å². The van der Waals surface area contributed by atoms with Gasteiger partial charge in [-0.05, 0) is 36.2 Å². The van der Waals surface area contributed by atoms with Gasteiger partial charge in [-0.25, -0.2) is 9.79 Å². The molecule has 4 rings (SSSR count). The summed E-state index contributed by atoms with van der Waals surface area (Å²) in [6.45, 7) is 4.72. The van der Waals surface area contributed by atoms with Gasteiger partial charge in [0.15, 0.2) is 0 Å². The van der Waals surface area contributed by atoms with Gasteiger partial charge >= 0.3 is 5.97 Å². The molecule has 0 amide bonds. The summed E-state index contributed by atoms with van der Waals surface area (Å²) in [5.41, 5.74) is 3.56. The fourth-order valence-electron chi connectivity index (χ4n) is 3.96. The molecule has 0 aliphatic carbocycles. The third-order valence-electron chi connectivity index (χ3n) is 5.87. The average molecular weight is 462 g/mol. The number of para-hydroxylation sites is 1. The Morgan fingerprint density at radius 2 is 1.52 bits per heavy atom. The van der Waals surface area contributed by atoms with E-state index < -0.39 is 0 Å². The quantitative estimate of drug-likeness (QED) is 0.292. The highest BCUT2D eigenvalue weighted by molar-refractivity contribution is 6.33. The Bertz CT molecular complexity index is 1090. The lowest BCUT2D eigenvalue weighted by atomic mass is 10.1. The van der Waals surface area contributed by atoms with Crippen LogP contribution in [0.4, 0.5) is 5.69 Å². The van der Waals surface area contributed by atoms with E-state index in [0.717, 1.165) is 56.2 Å². The van der Waals surface area contributed by atoms with E-state index in [1.807, 2.05) is 36.4 Å². The van der Waals surface area contributed by atoms with E-state index in [2.05, 4.69) is 40.1 Å². The van der Waals surface area contributed by atoms with E-state index in [-0.39, 0.29) is 5.97 Å². The summed E-state index contributed by atoms with van der Waals surface area (Å²) in [5.74, 6) is 0.514. The number of aliphatic imine (C=N–C) groups is 1. The Kier molecular flexibility index (Phi) is 7.76. The lowest BCUT2D eigenvalue weighted by Crippen LogP contribution is -2.49. The number of carbonyl (C=O) groups is 1. The number of rotatable bonds is 6. The van der Waals surface area contributed by atoms with Gasteiger partial charge in [-0.1, -0.05) is 66.2 Å². The van der Waals surface area contributed by atoms with E-state index in [0.29, 0.717) is 10.6 Å². The van der Waals surface area contributed by atoms with Crippen molar-refractivity contribution in [2.75, 3.05) is 39.8 Å². The number of benzene rings is 3. The van der Waals surface area contributed by atoms with E-state index in [1.54, 1.807) is 12.1 Å². The van der Waals surface area contributed by atoms with Gasteiger partial charge in [0, 0.05) is 38.3 Å². The topological polar surface area (TPSA) is 45.1 Å². The minimum Gasteiger partial charge on any atom is -0.465 e. The van der Waals surface area contributed by atoms with Crippen LogP contribution in [0.3, 0.4) is 0 Å². The zero-order valence-electron chi connectivity index (χ0n) is 18.8. The van der Waals surface area contributed by atoms with E-state index in [1.165, 1.54) is 12.7 Å². The first-order valence-corrected chi connectivity index (χ1v) is 11.5. The SMILES string of the molecule is COC(=O)c1ccc(/C(=N/c2ccccc2Cl)N2CCN(CCc3ccccc3)CC2)cc1. The first kappa shape index (κ1) is 23.0. The molecule has 0 radical (unpaired) electrons. The number of amidine groups is 1. The van der Waals surface area contributed by atoms with Crippen LogP contribution in [0.25, 0.3) is 0 Å². The molecule has 0 unspecified atom stereocenters. The molecule has 1 heterocycles. The van der Waals surface area contributed by atoms with E-state index in [9.17, 15) is 4.79 Å². The molecule has 1 aliphatic rings. The molecule has 0 spiro atoms. The highest BCUT2D eigenvalue weighted by Gasteiger charge is 2.21. The monoisotopic (exact) mass is 461 g/mol. The number of piperazine rings is 1. The highest BCUT2D eigenvalue weighted by atomic mass is 35.5. The molecule has 0 atom stereocenters. The van der Waals surface area contributed by atoms with Gasteiger partial charge in [0.2, 0.25) is 0 Å². The fraction of sp³-hybridized carbons (Fsp3) is 0.259. The predicted molar refractivity (Wildman–Crippen MR) is 134 cm³/mol. The van der Waals surface area contributed by atoms with Gasteiger partial charge in [0.25, 0.3) is 0 Å². The molecule has 1 saturated heterocycles. The Hall–Kier alpha value is -3.15. The fourth-order valence-corrected chi connectivity index (χ4v) is 4.14. The predicted octanol–water partition coefficient (Wildman–Crippen LogP) is 5.07. The van der Waals surface area contributed by atoms with Crippen molar-refractivity contribution in [3.05, 3.63) is 101 Å². The van der Waals surface area contributed by atoms with Crippen LogP contribution < -0.4 is 0 Å². The van der Waals surface area contributed by atoms with Crippen LogP contribution in [-0.2, 0) is 11.2 Å². The maximum atomic E-state index is 11.8. The molecule has 1 fully saturated rings. The summed E-state index contributed by atoms with van der Waals surface area (Å²) in [7, 11) is 1.39. The van der Waals surface area contributed by atoms with Gasteiger partial charge in [0.05, 0.1) is 23.4 Å². The minimum atomic E-state index is -0.349. The average Bonchev–Trinajstić information content (AvgIpc) is 2.88. The summed E-state index contributed by atoms with van der Waals surface area (Å²) >= 11 is 6.41. The van der Waals surface area contributed by atoms with Crippen LogP contribution in [0.5, 0.6) is 0 Å². The van der Waals surface area contributed by atoms with Crippen molar-refractivity contribution in [1.29, 1.82) is 0 Å². The smallest absolute Gasteiger partial charge is 0.337 e. The number of ether oxygens (including phenoxy) is 1. The number of nitrogens with zero attached hydrogens (tertiary/aromatic N) is 3. The number of halogens is 1. The second-order valence-corrected chi connectivity index (χ2v) is 8.43. The van der Waals surface area contributed by atoms with Crippen molar-refractivity contribution in [1.82, 2.24) is 9.80 Å². The van der Waals surface area contributed by atoms with Crippen molar-refractivity contribution < 1.29 is 9.53 Å². The molecule has 0 aromatic heterocycles. The summed E-state index contributed by atoms with van der Waals surface area (Å²) in [6.07, 6.45) is 1.05. The largest absolute Gasteiger partial charge is 0.465 e. The second kappa shape index (κ2) is 11.1. The molecule has 0 bridgehead atoms. The molecule has 0 saturated carbocycles. The van der Waals surface area contributed by atoms with Gasteiger partial charge in [-0.15, -0.1) is 0 Å². The van der Waals surface area contributed by atoms with Crippen molar-refractivity contribution in [3.63, 3.8) is 0 Å². The number of methoxy groups -OCH3 is 1. The van der Waals surface area contributed by atoms with Gasteiger partial charge in [-0.3, -0.25) is 4.90 Å². The van der Waals surface area contributed by atoms with Crippen LogP contribution in [0, 0.1) is 0 Å². The third-order valence-corrected chi connectivity index (χ3v) is 6.19. The maximum Gasteiger partial charge on any atom is 0.337 e. The molecular formula is C27H28ClN3O2. The van der Waals surface area contributed by atoms with E-state index >= 15 is 0 Å². The normalized spacial score (nSPS) is 14.8. The molecule has 170 valence electrons. The third kappa shape index (κ3) is 6.01. The van der Waals surface area contributed by atoms with Crippen molar-refractivity contribution in [3.8, 4) is 0 Å². The summed E-state index contributed by atoms with van der Waals surface area (Å²) in [5, 5.41) is 0.614. The zero-order chi connectivity index (χ0) is 23.0. The van der Waals surface area contributed by atoms with Gasteiger partial charge in [0.1, 0.15) is 5.84 Å². The lowest BCUT2D eigenvalue weighted by molar-refractivity contribution is 0.0600. The number of esters is 1. The number of hydrogen-bond acceptors (Lipinski definition) is 4. The molecule has 1 aliphatic heterocycles. The van der Waals surface area contributed by atoms with Crippen molar-refractivity contribution in [2.45, 2.75) is 6.42 Å². The molecule has 0 N–H and O–H groups in total. The molecule has 6 heteroatoms. The maximum absolute atomic E-state index is 11.8. The molecule has 3 aromatic carbocycles. The van der Waals surface area contributed by atoms with Crippen LogP contribution in [0.2, 0.25) is 5.02 Å². The molecule has 3 aromatic rings. The van der Waals surface area contributed by atoms with Gasteiger partial charge in [-0.2, -0.15) is 0 Å². The van der Waals surface area contributed by atoms with Crippen LogP contribution in [-0.4, -0.2) is 61.4 Å². The zero-order valence-corrected chi connectivity index (χ0v) is 19.5. The molecule has 5 nitrogen and oxygen atoms in total. The standard InChI is InChI=1S/C27H28ClN3O2/c1-33-27(32)23-13-11-22(12-14-23)26(29-25-10-6-5-9-24(25)28)31-19-17-30(18-20-31)16-15-21-7-3-2-4-8-21/h2-14H,15-20H2,1H3/b29-26-. The lowest BCUT2D eigenvalue weighted by Gasteiger charge is -2.36. The van der Waals surface area contributed by atoms with Crippen LogP contribution in [0.1, 0.15) is 21.5 Å².